The first kappa shape index (κ1) is 47.3. The zero-order chi connectivity index (χ0) is 38.7. The van der Waals surface area contributed by atoms with Crippen LogP contribution in [0.15, 0.2) is 18.2 Å². The number of rotatable bonds is 36. The number of esters is 3. The van der Waals surface area contributed by atoms with Gasteiger partial charge in [0.05, 0.1) is 26.4 Å². The Morgan fingerprint density at radius 3 is 1.63 bits per heavy atom. The van der Waals surface area contributed by atoms with Crippen LogP contribution in [0.5, 0.6) is 11.5 Å². The largest absolute Gasteiger partial charge is 0.494 e. The van der Waals surface area contributed by atoms with Crippen molar-refractivity contribution in [3.8, 4) is 11.5 Å². The number of hydrogen-bond acceptors (Lipinski definition) is 9. The van der Waals surface area contributed by atoms with Crippen molar-refractivity contribution in [2.24, 2.45) is 0 Å². The number of unbranched alkanes of at least 4 members (excludes halogenated alkanes) is 16. The summed E-state index contributed by atoms with van der Waals surface area (Å²) in [4.78, 5) is 38.4. The van der Waals surface area contributed by atoms with E-state index in [-0.39, 0.29) is 24.5 Å². The maximum Gasteiger partial charge on any atom is 0.306 e. The van der Waals surface area contributed by atoms with Crippen LogP contribution < -0.4 is 9.47 Å². The molecule has 0 amide bonds. The predicted molar refractivity (Wildman–Crippen MR) is 217 cm³/mol. The summed E-state index contributed by atoms with van der Waals surface area (Å²) in [6, 6.07) is 5.83. The van der Waals surface area contributed by atoms with Gasteiger partial charge in [-0.2, -0.15) is 0 Å². The van der Waals surface area contributed by atoms with E-state index < -0.39 is 0 Å². The number of carbonyl (C=O) groups is 3. The van der Waals surface area contributed by atoms with Crippen LogP contribution in [0.25, 0.3) is 0 Å². The van der Waals surface area contributed by atoms with Gasteiger partial charge >= 0.3 is 17.9 Å². The molecule has 54 heavy (non-hydrogen) atoms. The third kappa shape index (κ3) is 26.1. The molecule has 0 bridgehead atoms. The molecule has 0 N–H and O–H groups in total. The quantitative estimate of drug-likeness (QED) is 0.0376. The van der Waals surface area contributed by atoms with Crippen LogP contribution in [-0.2, 0) is 35.2 Å². The summed E-state index contributed by atoms with van der Waals surface area (Å²) in [7, 11) is 0. The number of ether oxygens (including phenoxy) is 5. The van der Waals surface area contributed by atoms with Crippen molar-refractivity contribution in [1.82, 2.24) is 4.90 Å². The first-order valence-electron chi connectivity index (χ1n) is 22.1. The minimum atomic E-state index is -0.173. The number of nitrogens with zero attached hydrogens (tertiary/aromatic N) is 1. The Balaban J connectivity index is 1.62. The molecular weight excluding hydrogens is 682 g/mol. The lowest BCUT2D eigenvalue weighted by atomic mass is 10.1. The van der Waals surface area contributed by atoms with E-state index in [1.807, 2.05) is 25.1 Å². The van der Waals surface area contributed by atoms with Crippen molar-refractivity contribution in [3.63, 3.8) is 0 Å². The van der Waals surface area contributed by atoms with E-state index in [2.05, 4.69) is 11.8 Å². The molecule has 1 aliphatic heterocycles. The van der Waals surface area contributed by atoms with Crippen LogP contribution in [0.4, 0.5) is 0 Å². The molecule has 0 unspecified atom stereocenters. The second-order valence-electron chi connectivity index (χ2n) is 15.1. The SMILES string of the molecule is CCCCCCCCCC(=O)OCCCCCCCCOc1ccc(OCCCCCCCCOC(=O)CCC)c(COC(=O)CCCN2CCCC2)c1. The summed E-state index contributed by atoms with van der Waals surface area (Å²) in [5.74, 6) is 1.20. The van der Waals surface area contributed by atoms with Crippen LogP contribution in [0.1, 0.15) is 186 Å². The zero-order valence-corrected chi connectivity index (χ0v) is 34.5. The van der Waals surface area contributed by atoms with Gasteiger partial charge in [0.15, 0.2) is 0 Å². The molecule has 0 aliphatic carbocycles. The molecule has 1 aliphatic rings. The van der Waals surface area contributed by atoms with Gasteiger partial charge in [-0.3, -0.25) is 14.4 Å². The van der Waals surface area contributed by atoms with Crippen molar-refractivity contribution in [3.05, 3.63) is 23.8 Å². The van der Waals surface area contributed by atoms with Gasteiger partial charge < -0.3 is 28.6 Å². The first-order chi connectivity index (χ1) is 26.5. The maximum atomic E-state index is 12.6. The van der Waals surface area contributed by atoms with Crippen molar-refractivity contribution in [1.29, 1.82) is 0 Å². The van der Waals surface area contributed by atoms with E-state index in [1.54, 1.807) is 0 Å². The standard InChI is InChI=1S/C45H77NO8/c1-3-5-6-7-8-13-18-27-44(48)53-37-24-17-11-9-14-21-34-50-41-29-30-42(51-35-22-15-10-12-16-23-36-52-43(47)26-4-2)40(38-41)39-54-45(49)28-25-33-46-31-19-20-32-46/h29-30,38H,3-28,31-37,39H2,1-2H3. The third-order valence-corrected chi connectivity index (χ3v) is 10.0. The van der Waals surface area contributed by atoms with Crippen molar-refractivity contribution >= 4 is 17.9 Å². The van der Waals surface area contributed by atoms with Crippen molar-refractivity contribution in [2.45, 2.75) is 187 Å². The number of likely N-dealkylation sites (tertiary alicyclic amines) is 1. The molecule has 9 heteroatoms. The average molecular weight is 760 g/mol. The Morgan fingerprint density at radius 1 is 0.519 bits per heavy atom. The Labute approximate surface area is 328 Å². The van der Waals surface area contributed by atoms with Crippen LogP contribution >= 0.6 is 0 Å². The molecule has 1 aromatic rings. The maximum absolute atomic E-state index is 12.6. The van der Waals surface area contributed by atoms with E-state index in [4.69, 9.17) is 23.7 Å². The molecule has 310 valence electrons. The Hall–Kier alpha value is -2.81. The summed E-state index contributed by atoms with van der Waals surface area (Å²) in [6.45, 7) is 9.90. The highest BCUT2D eigenvalue weighted by Gasteiger charge is 2.14. The van der Waals surface area contributed by atoms with E-state index in [9.17, 15) is 14.4 Å². The van der Waals surface area contributed by atoms with Gasteiger partial charge in [0.1, 0.15) is 18.1 Å². The topological polar surface area (TPSA) is 101 Å². The number of carbonyl (C=O) groups excluding carboxylic acids is 3. The first-order valence-corrected chi connectivity index (χ1v) is 22.1. The molecule has 1 heterocycles. The monoisotopic (exact) mass is 760 g/mol. The fourth-order valence-electron chi connectivity index (χ4n) is 6.72. The summed E-state index contributed by atoms with van der Waals surface area (Å²) >= 11 is 0. The summed E-state index contributed by atoms with van der Waals surface area (Å²) in [5, 5.41) is 0. The molecule has 1 aromatic carbocycles. The zero-order valence-electron chi connectivity index (χ0n) is 34.5. The number of benzene rings is 1. The Bertz CT molecular complexity index is 1090. The molecule has 0 spiro atoms. The van der Waals surface area contributed by atoms with E-state index >= 15 is 0 Å². The molecule has 9 nitrogen and oxygen atoms in total. The van der Waals surface area contributed by atoms with E-state index in [1.165, 1.54) is 44.9 Å². The summed E-state index contributed by atoms with van der Waals surface area (Å²) in [5.41, 5.74) is 0.834. The third-order valence-electron chi connectivity index (χ3n) is 10.0. The van der Waals surface area contributed by atoms with Crippen LogP contribution in [-0.4, -0.2) is 68.9 Å². The smallest absolute Gasteiger partial charge is 0.306 e. The molecule has 2 rings (SSSR count). The molecule has 0 saturated carbocycles. The highest BCUT2D eigenvalue weighted by atomic mass is 16.5. The molecule has 0 radical (unpaired) electrons. The van der Waals surface area contributed by atoms with Gasteiger partial charge in [-0.1, -0.05) is 104 Å². The minimum Gasteiger partial charge on any atom is -0.494 e. The lowest BCUT2D eigenvalue weighted by Gasteiger charge is -2.15. The predicted octanol–water partition coefficient (Wildman–Crippen LogP) is 11.1. The van der Waals surface area contributed by atoms with Crippen LogP contribution in [0.3, 0.4) is 0 Å². The minimum absolute atomic E-state index is 0.0442. The van der Waals surface area contributed by atoms with Gasteiger partial charge in [-0.05, 0) is 95.6 Å². The highest BCUT2D eigenvalue weighted by molar-refractivity contribution is 5.70. The van der Waals surface area contributed by atoms with Gasteiger partial charge in [0.25, 0.3) is 0 Å². The van der Waals surface area contributed by atoms with Crippen molar-refractivity contribution < 1.29 is 38.1 Å². The Kier molecular flexibility index (Phi) is 29.4. The fraction of sp³-hybridized carbons (Fsp3) is 0.800. The highest BCUT2D eigenvalue weighted by Crippen LogP contribution is 2.26. The van der Waals surface area contributed by atoms with Crippen LogP contribution in [0, 0.1) is 0 Å². The second-order valence-corrected chi connectivity index (χ2v) is 15.1. The molecule has 0 aromatic heterocycles. The fourth-order valence-corrected chi connectivity index (χ4v) is 6.72. The second kappa shape index (κ2) is 33.5. The molecular formula is C45H77NO8. The van der Waals surface area contributed by atoms with Gasteiger partial charge in [0.2, 0.25) is 0 Å². The summed E-state index contributed by atoms with van der Waals surface area (Å²) < 4.78 is 28.6. The Morgan fingerprint density at radius 2 is 1.02 bits per heavy atom. The van der Waals surface area contributed by atoms with Gasteiger partial charge in [-0.15, -0.1) is 0 Å². The van der Waals surface area contributed by atoms with Crippen LogP contribution in [0.2, 0.25) is 0 Å². The molecule has 1 fully saturated rings. The molecule has 1 saturated heterocycles. The normalized spacial score (nSPS) is 12.9. The summed E-state index contributed by atoms with van der Waals surface area (Å²) in [6.07, 6.45) is 26.7. The molecule has 0 atom stereocenters. The van der Waals surface area contributed by atoms with Gasteiger partial charge in [-0.25, -0.2) is 0 Å². The van der Waals surface area contributed by atoms with E-state index in [0.717, 1.165) is 139 Å². The van der Waals surface area contributed by atoms with Gasteiger partial charge in [0, 0.05) is 24.8 Å². The van der Waals surface area contributed by atoms with E-state index in [0.29, 0.717) is 45.7 Å². The van der Waals surface area contributed by atoms with Crippen molar-refractivity contribution in [2.75, 3.05) is 46.1 Å². The lowest BCUT2D eigenvalue weighted by molar-refractivity contribution is -0.145. The average Bonchev–Trinajstić information content (AvgIpc) is 3.69. The lowest BCUT2D eigenvalue weighted by Crippen LogP contribution is -2.21. The number of hydrogen-bond donors (Lipinski definition) is 0.